The summed E-state index contributed by atoms with van der Waals surface area (Å²) in [5.74, 6) is 0. The van der Waals surface area contributed by atoms with Crippen LogP contribution in [0.2, 0.25) is 5.02 Å². The van der Waals surface area contributed by atoms with Crippen LogP contribution < -0.4 is 5.09 Å². The molecule has 102 valence electrons. The van der Waals surface area contributed by atoms with Crippen LogP contribution in [0.5, 0.6) is 0 Å². The molecule has 0 heterocycles. The van der Waals surface area contributed by atoms with Gasteiger partial charge in [-0.2, -0.15) is 5.26 Å². The molecule has 0 bridgehead atoms. The van der Waals surface area contributed by atoms with Crippen molar-refractivity contribution in [3.8, 4) is 6.07 Å². The molecule has 1 aromatic rings. The molecule has 1 rings (SSSR count). The van der Waals surface area contributed by atoms with Gasteiger partial charge < -0.3 is 4.62 Å². The minimum atomic E-state index is -3.51. The van der Waals surface area contributed by atoms with E-state index in [0.29, 0.717) is 10.6 Å². The molecule has 1 unspecified atom stereocenters. The lowest BCUT2D eigenvalue weighted by Gasteiger charge is -2.12. The number of nitrogens with zero attached hydrogens (tertiary/aromatic N) is 2. The van der Waals surface area contributed by atoms with Gasteiger partial charge in [0, 0.05) is 10.6 Å². The normalized spacial score (nSPS) is 14.5. The molecule has 0 aliphatic rings. The van der Waals surface area contributed by atoms with Crippen molar-refractivity contribution in [2.75, 3.05) is 13.7 Å². The van der Waals surface area contributed by atoms with Crippen LogP contribution in [0.4, 0.5) is 0 Å². The lowest BCUT2D eigenvalue weighted by Crippen LogP contribution is -2.08. The minimum absolute atomic E-state index is 0.0214. The van der Waals surface area contributed by atoms with Crippen molar-refractivity contribution in [3.05, 3.63) is 34.9 Å². The number of halogens is 1. The number of benzene rings is 1. The van der Waals surface area contributed by atoms with Gasteiger partial charge in [-0.05, 0) is 26.1 Å². The molecule has 6 nitrogen and oxygen atoms in total. The van der Waals surface area contributed by atoms with E-state index >= 15 is 0 Å². The second kappa shape index (κ2) is 7.27. The van der Waals surface area contributed by atoms with Gasteiger partial charge in [-0.25, -0.2) is 9.65 Å². The Bertz CT molecular complexity index is 539. The summed E-state index contributed by atoms with van der Waals surface area (Å²) < 4.78 is 21.6. The van der Waals surface area contributed by atoms with Crippen molar-refractivity contribution in [1.82, 2.24) is 5.09 Å². The average molecular weight is 302 g/mol. The predicted octanol–water partition coefficient (Wildman–Crippen LogP) is 2.95. The van der Waals surface area contributed by atoms with E-state index in [1.165, 1.54) is 7.05 Å². The Kier molecular flexibility index (Phi) is 6.00. The van der Waals surface area contributed by atoms with E-state index in [4.69, 9.17) is 26.0 Å². The fraction of sp³-hybridized carbons (Fsp3) is 0.273. The van der Waals surface area contributed by atoms with Crippen molar-refractivity contribution >= 4 is 25.1 Å². The van der Waals surface area contributed by atoms with E-state index < -0.39 is 7.75 Å². The number of nitrogens with one attached hydrogen (secondary N) is 1. The molecule has 0 spiro atoms. The van der Waals surface area contributed by atoms with Crippen molar-refractivity contribution in [2.45, 2.75) is 6.92 Å². The number of rotatable bonds is 6. The summed E-state index contributed by atoms with van der Waals surface area (Å²) in [6, 6.07) is 8.30. The van der Waals surface area contributed by atoms with E-state index in [9.17, 15) is 4.57 Å². The Labute approximate surface area is 116 Å². The van der Waals surface area contributed by atoms with Crippen LogP contribution in [0.15, 0.2) is 29.4 Å². The van der Waals surface area contributed by atoms with Crippen LogP contribution in [0, 0.1) is 11.3 Å². The molecule has 0 aromatic heterocycles. The topological polar surface area (TPSA) is 83.7 Å². The van der Waals surface area contributed by atoms with E-state index in [1.54, 1.807) is 31.2 Å². The third-order valence-electron chi connectivity index (χ3n) is 2.04. The fourth-order valence-corrected chi connectivity index (χ4v) is 2.05. The fourth-order valence-electron chi connectivity index (χ4n) is 1.14. The van der Waals surface area contributed by atoms with Crippen molar-refractivity contribution < 1.29 is 13.7 Å². The maximum absolute atomic E-state index is 11.9. The number of hydrogen-bond donors (Lipinski definition) is 1. The Morgan fingerprint density at radius 2 is 2.16 bits per heavy atom. The van der Waals surface area contributed by atoms with E-state index in [2.05, 4.69) is 10.2 Å². The second-order valence-corrected chi connectivity index (χ2v) is 5.58. The molecule has 0 fully saturated rings. The molecular weight excluding hydrogens is 289 g/mol. The monoisotopic (exact) mass is 301 g/mol. The van der Waals surface area contributed by atoms with Gasteiger partial charge >= 0.3 is 7.75 Å². The first-order valence-corrected chi connectivity index (χ1v) is 7.33. The first kappa shape index (κ1) is 15.7. The van der Waals surface area contributed by atoms with Crippen molar-refractivity contribution in [2.24, 2.45) is 5.16 Å². The van der Waals surface area contributed by atoms with Gasteiger partial charge in [0.15, 0.2) is 5.71 Å². The zero-order valence-electron chi connectivity index (χ0n) is 10.5. The van der Waals surface area contributed by atoms with Gasteiger partial charge in [0.05, 0.1) is 6.61 Å². The zero-order chi connectivity index (χ0) is 14.3. The van der Waals surface area contributed by atoms with E-state index in [-0.39, 0.29) is 12.3 Å². The minimum Gasteiger partial charge on any atom is -0.300 e. The second-order valence-electron chi connectivity index (χ2n) is 3.28. The molecule has 19 heavy (non-hydrogen) atoms. The van der Waals surface area contributed by atoms with Gasteiger partial charge in [-0.1, -0.05) is 28.9 Å². The summed E-state index contributed by atoms with van der Waals surface area (Å²) in [4.78, 5) is 0. The molecular formula is C11H13ClN3O3P. The molecule has 0 aliphatic heterocycles. The Morgan fingerprint density at radius 3 is 2.63 bits per heavy atom. The van der Waals surface area contributed by atoms with Crippen LogP contribution >= 0.6 is 19.3 Å². The molecule has 1 aromatic carbocycles. The summed E-state index contributed by atoms with van der Waals surface area (Å²) in [6.45, 7) is 1.86. The summed E-state index contributed by atoms with van der Waals surface area (Å²) in [7, 11) is -2.09. The molecule has 0 saturated heterocycles. The first-order valence-electron chi connectivity index (χ1n) is 5.41. The molecule has 8 heteroatoms. The smallest absolute Gasteiger partial charge is 0.300 e. The first-order chi connectivity index (χ1) is 9.04. The highest BCUT2D eigenvalue weighted by Gasteiger charge is 2.23. The van der Waals surface area contributed by atoms with Crippen LogP contribution in [-0.2, 0) is 13.7 Å². The average Bonchev–Trinajstić information content (AvgIpc) is 2.41. The quantitative estimate of drug-likeness (QED) is 0.496. The molecule has 0 aliphatic carbocycles. The van der Waals surface area contributed by atoms with Crippen LogP contribution in [-0.4, -0.2) is 19.4 Å². The van der Waals surface area contributed by atoms with Gasteiger partial charge in [0.1, 0.15) is 6.07 Å². The van der Waals surface area contributed by atoms with Gasteiger partial charge in [0.25, 0.3) is 0 Å². The molecule has 0 radical (unpaired) electrons. The lowest BCUT2D eigenvalue weighted by molar-refractivity contribution is 0.212. The van der Waals surface area contributed by atoms with E-state index in [0.717, 1.165) is 0 Å². The van der Waals surface area contributed by atoms with Crippen LogP contribution in [0.25, 0.3) is 0 Å². The highest BCUT2D eigenvalue weighted by molar-refractivity contribution is 7.51. The molecule has 1 N–H and O–H groups in total. The lowest BCUT2D eigenvalue weighted by atomic mass is 10.1. The summed E-state index contributed by atoms with van der Waals surface area (Å²) in [6.07, 6.45) is 0. The summed E-state index contributed by atoms with van der Waals surface area (Å²) >= 11 is 5.74. The standard InChI is InChI=1S/C11H13ClN3O3P/c1-3-17-19(16,14-2)18-15-11(8-13)9-4-6-10(12)7-5-9/h4-7H,3H2,1-2H3,(H,14,16)/b15-11-. The van der Waals surface area contributed by atoms with Gasteiger partial charge in [0.2, 0.25) is 0 Å². The molecule has 0 amide bonds. The molecule has 0 saturated carbocycles. The highest BCUT2D eigenvalue weighted by Crippen LogP contribution is 2.43. The number of nitriles is 1. The maximum atomic E-state index is 11.9. The maximum Gasteiger partial charge on any atom is 0.478 e. The molecule has 1 atom stereocenters. The van der Waals surface area contributed by atoms with E-state index in [1.807, 2.05) is 6.07 Å². The van der Waals surface area contributed by atoms with Gasteiger partial charge in [-0.15, -0.1) is 0 Å². The number of oxime groups is 1. The van der Waals surface area contributed by atoms with Crippen LogP contribution in [0.3, 0.4) is 0 Å². The highest BCUT2D eigenvalue weighted by atomic mass is 35.5. The van der Waals surface area contributed by atoms with Crippen molar-refractivity contribution in [3.63, 3.8) is 0 Å². The van der Waals surface area contributed by atoms with Crippen LogP contribution in [0.1, 0.15) is 12.5 Å². The Hall–Kier alpha value is -1.38. The van der Waals surface area contributed by atoms with Gasteiger partial charge in [-0.3, -0.25) is 4.52 Å². The van der Waals surface area contributed by atoms with Crippen molar-refractivity contribution in [1.29, 1.82) is 5.26 Å². The third-order valence-corrected chi connectivity index (χ3v) is 3.73. The summed E-state index contributed by atoms with van der Waals surface area (Å²) in [5, 5.41) is 15.5. The Balaban J connectivity index is 2.92. The Morgan fingerprint density at radius 1 is 1.53 bits per heavy atom. The third kappa shape index (κ3) is 4.66. The largest absolute Gasteiger partial charge is 0.478 e. The zero-order valence-corrected chi connectivity index (χ0v) is 12.1. The number of hydrogen-bond acceptors (Lipinski definition) is 5. The predicted molar refractivity (Wildman–Crippen MR) is 73.0 cm³/mol. The summed E-state index contributed by atoms with van der Waals surface area (Å²) in [5.41, 5.74) is 0.484. The SMILES string of the molecule is CCOP(=O)(NC)O/N=C(/C#N)c1ccc(Cl)cc1.